The summed E-state index contributed by atoms with van der Waals surface area (Å²) in [4.78, 5) is 4.10. The normalized spacial score (nSPS) is 24.6. The largest absolute Gasteiger partial charge is 0.315 e. The maximum Gasteiger partial charge on any atom is 0.0192 e. The number of benzene rings is 1. The number of rotatable bonds is 5. The van der Waals surface area contributed by atoms with Crippen molar-refractivity contribution in [2.24, 2.45) is 0 Å². The molecule has 0 aliphatic carbocycles. The first-order valence-electron chi connectivity index (χ1n) is 7.51. The Hall–Kier alpha value is -0.510. The van der Waals surface area contributed by atoms with Crippen LogP contribution in [0, 0.1) is 0 Å². The Balaban J connectivity index is 1.46. The zero-order valence-corrected chi connectivity index (χ0v) is 12.6. The maximum absolute atomic E-state index is 3.69. The molecule has 2 aliphatic rings. The number of nitrogens with zero attached hydrogens (tertiary/aromatic N) is 1. The molecule has 0 radical (unpaired) electrons. The summed E-state index contributed by atoms with van der Waals surface area (Å²) in [6, 6.07) is 9.56. The van der Waals surface area contributed by atoms with Crippen molar-refractivity contribution in [1.82, 2.24) is 10.2 Å². The summed E-state index contributed by atoms with van der Waals surface area (Å²) < 4.78 is 0. The van der Waals surface area contributed by atoms with Gasteiger partial charge in [-0.2, -0.15) is 0 Å². The van der Waals surface area contributed by atoms with Gasteiger partial charge in [0.1, 0.15) is 0 Å². The van der Waals surface area contributed by atoms with Gasteiger partial charge in [-0.05, 0) is 44.5 Å². The van der Waals surface area contributed by atoms with E-state index in [1.165, 1.54) is 36.6 Å². The minimum atomic E-state index is 0.687. The van der Waals surface area contributed by atoms with Crippen LogP contribution in [0.5, 0.6) is 0 Å². The van der Waals surface area contributed by atoms with E-state index in [0.717, 1.165) is 13.1 Å². The lowest BCUT2D eigenvalue weighted by molar-refractivity contribution is 0.251. The number of likely N-dealkylation sites (tertiary alicyclic amines) is 1. The summed E-state index contributed by atoms with van der Waals surface area (Å²) in [7, 11) is 0. The number of fused-ring (bicyclic) bond motifs is 1. The molecule has 104 valence electrons. The SMILES string of the molecule is CC(CNCC1CSc2ccccc21)N1CCCC1. The average molecular weight is 276 g/mol. The van der Waals surface area contributed by atoms with Crippen LogP contribution in [0.25, 0.3) is 0 Å². The van der Waals surface area contributed by atoms with Crippen LogP contribution in [0.1, 0.15) is 31.2 Å². The molecule has 1 saturated heterocycles. The van der Waals surface area contributed by atoms with Crippen LogP contribution in [0.3, 0.4) is 0 Å². The zero-order chi connectivity index (χ0) is 13.1. The van der Waals surface area contributed by atoms with Crippen molar-refractivity contribution in [3.05, 3.63) is 29.8 Å². The molecular weight excluding hydrogens is 252 g/mol. The predicted octanol–water partition coefficient (Wildman–Crippen LogP) is 2.95. The Morgan fingerprint density at radius 3 is 2.95 bits per heavy atom. The Labute approximate surface area is 121 Å². The molecule has 1 aromatic carbocycles. The highest BCUT2D eigenvalue weighted by Gasteiger charge is 2.23. The van der Waals surface area contributed by atoms with Gasteiger partial charge in [0.05, 0.1) is 0 Å². The van der Waals surface area contributed by atoms with Gasteiger partial charge in [-0.25, -0.2) is 0 Å². The molecule has 2 heterocycles. The summed E-state index contributed by atoms with van der Waals surface area (Å²) in [6.45, 7) is 7.21. The third kappa shape index (κ3) is 3.15. The van der Waals surface area contributed by atoms with E-state index in [4.69, 9.17) is 0 Å². The highest BCUT2D eigenvalue weighted by atomic mass is 32.2. The Morgan fingerprint density at radius 2 is 2.11 bits per heavy atom. The van der Waals surface area contributed by atoms with Crippen LogP contribution >= 0.6 is 11.8 Å². The molecule has 2 aliphatic heterocycles. The third-order valence-electron chi connectivity index (χ3n) is 4.39. The first kappa shape index (κ1) is 13.5. The van der Waals surface area contributed by atoms with Crippen molar-refractivity contribution in [2.75, 3.05) is 31.9 Å². The van der Waals surface area contributed by atoms with E-state index in [-0.39, 0.29) is 0 Å². The van der Waals surface area contributed by atoms with E-state index in [2.05, 4.69) is 41.4 Å². The van der Waals surface area contributed by atoms with Crippen LogP contribution < -0.4 is 5.32 Å². The number of nitrogens with one attached hydrogen (secondary N) is 1. The lowest BCUT2D eigenvalue weighted by Crippen LogP contribution is -2.39. The van der Waals surface area contributed by atoms with Gasteiger partial charge in [0, 0.05) is 35.7 Å². The second kappa shape index (κ2) is 6.29. The fourth-order valence-electron chi connectivity index (χ4n) is 3.18. The monoisotopic (exact) mass is 276 g/mol. The number of hydrogen-bond acceptors (Lipinski definition) is 3. The summed E-state index contributed by atoms with van der Waals surface area (Å²) in [5.74, 6) is 1.94. The Morgan fingerprint density at radius 1 is 1.32 bits per heavy atom. The molecule has 19 heavy (non-hydrogen) atoms. The van der Waals surface area contributed by atoms with Crippen LogP contribution in [-0.4, -0.2) is 42.9 Å². The smallest absolute Gasteiger partial charge is 0.0192 e. The molecular formula is C16H24N2S. The quantitative estimate of drug-likeness (QED) is 0.890. The second-order valence-electron chi connectivity index (χ2n) is 5.80. The molecule has 2 atom stereocenters. The first-order valence-corrected chi connectivity index (χ1v) is 8.49. The standard InChI is InChI=1S/C16H24N2S/c1-13(18-8-4-5-9-18)10-17-11-14-12-19-16-7-3-2-6-15(14)16/h2-3,6-7,13-14,17H,4-5,8-12H2,1H3. The van der Waals surface area contributed by atoms with Crippen LogP contribution in [0.15, 0.2) is 29.2 Å². The van der Waals surface area contributed by atoms with E-state index in [0.29, 0.717) is 12.0 Å². The van der Waals surface area contributed by atoms with Crippen molar-refractivity contribution in [2.45, 2.75) is 36.6 Å². The van der Waals surface area contributed by atoms with Gasteiger partial charge in [0.25, 0.3) is 0 Å². The molecule has 0 saturated carbocycles. The lowest BCUT2D eigenvalue weighted by atomic mass is 10.0. The summed E-state index contributed by atoms with van der Waals surface area (Å²) in [5, 5.41) is 3.69. The minimum Gasteiger partial charge on any atom is -0.315 e. The van der Waals surface area contributed by atoms with Gasteiger partial charge >= 0.3 is 0 Å². The molecule has 1 aromatic rings. The maximum atomic E-state index is 3.69. The predicted molar refractivity (Wildman–Crippen MR) is 83.0 cm³/mol. The van der Waals surface area contributed by atoms with Crippen molar-refractivity contribution < 1.29 is 0 Å². The van der Waals surface area contributed by atoms with Gasteiger partial charge in [-0.3, -0.25) is 4.90 Å². The molecule has 3 heteroatoms. The highest BCUT2D eigenvalue weighted by molar-refractivity contribution is 7.99. The van der Waals surface area contributed by atoms with Crippen LogP contribution in [0.2, 0.25) is 0 Å². The second-order valence-corrected chi connectivity index (χ2v) is 6.86. The van der Waals surface area contributed by atoms with E-state index in [9.17, 15) is 0 Å². The fraction of sp³-hybridized carbons (Fsp3) is 0.625. The van der Waals surface area contributed by atoms with Crippen molar-refractivity contribution >= 4 is 11.8 Å². The molecule has 2 unspecified atom stereocenters. The van der Waals surface area contributed by atoms with Gasteiger partial charge in [0.15, 0.2) is 0 Å². The highest BCUT2D eigenvalue weighted by Crippen LogP contribution is 2.38. The fourth-order valence-corrected chi connectivity index (χ4v) is 4.43. The van der Waals surface area contributed by atoms with Gasteiger partial charge in [0.2, 0.25) is 0 Å². The van der Waals surface area contributed by atoms with Crippen LogP contribution in [-0.2, 0) is 0 Å². The third-order valence-corrected chi connectivity index (χ3v) is 5.65. The summed E-state index contributed by atoms with van der Waals surface area (Å²) in [5.41, 5.74) is 1.55. The number of hydrogen-bond donors (Lipinski definition) is 1. The van der Waals surface area contributed by atoms with Gasteiger partial charge in [-0.15, -0.1) is 11.8 Å². The summed E-state index contributed by atoms with van der Waals surface area (Å²) in [6.07, 6.45) is 2.77. The first-order chi connectivity index (χ1) is 9.34. The Bertz CT molecular complexity index is 415. The van der Waals surface area contributed by atoms with Gasteiger partial charge < -0.3 is 5.32 Å². The summed E-state index contributed by atoms with van der Waals surface area (Å²) >= 11 is 2.01. The zero-order valence-electron chi connectivity index (χ0n) is 11.8. The molecule has 1 fully saturated rings. The molecule has 0 amide bonds. The molecule has 0 bridgehead atoms. The molecule has 2 nitrogen and oxygen atoms in total. The van der Waals surface area contributed by atoms with Crippen LogP contribution in [0.4, 0.5) is 0 Å². The van der Waals surface area contributed by atoms with Crippen molar-refractivity contribution in [1.29, 1.82) is 0 Å². The Kier molecular flexibility index (Phi) is 4.46. The van der Waals surface area contributed by atoms with E-state index < -0.39 is 0 Å². The average Bonchev–Trinajstić information content (AvgIpc) is 3.08. The van der Waals surface area contributed by atoms with E-state index in [1.807, 2.05) is 11.8 Å². The molecule has 0 spiro atoms. The molecule has 3 rings (SSSR count). The van der Waals surface area contributed by atoms with Gasteiger partial charge in [-0.1, -0.05) is 18.2 Å². The van der Waals surface area contributed by atoms with E-state index >= 15 is 0 Å². The lowest BCUT2D eigenvalue weighted by Gasteiger charge is -2.24. The van der Waals surface area contributed by atoms with E-state index in [1.54, 1.807) is 5.56 Å². The molecule has 0 aromatic heterocycles. The van der Waals surface area contributed by atoms with Crippen molar-refractivity contribution in [3.63, 3.8) is 0 Å². The minimum absolute atomic E-state index is 0.687. The number of thioether (sulfide) groups is 1. The molecule has 1 N–H and O–H groups in total. The van der Waals surface area contributed by atoms with Crippen molar-refractivity contribution in [3.8, 4) is 0 Å². The topological polar surface area (TPSA) is 15.3 Å².